The lowest BCUT2D eigenvalue weighted by molar-refractivity contribution is 0.121. The summed E-state index contributed by atoms with van der Waals surface area (Å²) in [7, 11) is 0. The fourth-order valence-corrected chi connectivity index (χ4v) is 2.83. The summed E-state index contributed by atoms with van der Waals surface area (Å²) in [6.45, 7) is 2.91. The highest BCUT2D eigenvalue weighted by Gasteiger charge is 2.19. The highest BCUT2D eigenvalue weighted by molar-refractivity contribution is 5.36. The van der Waals surface area contributed by atoms with Crippen LogP contribution in [0.15, 0.2) is 0 Å². The van der Waals surface area contributed by atoms with Crippen molar-refractivity contribution in [1.29, 1.82) is 0 Å². The molecule has 1 aliphatic heterocycles. The number of rotatable bonds is 3. The minimum atomic E-state index is 0.201. The number of aromatic nitrogens is 3. The maximum Gasteiger partial charge on any atom is 0.323 e. The molecule has 1 aliphatic carbocycles. The molecule has 1 aromatic heterocycles. The maximum atomic E-state index is 5.95. The van der Waals surface area contributed by atoms with Gasteiger partial charge in [-0.2, -0.15) is 15.0 Å². The summed E-state index contributed by atoms with van der Waals surface area (Å²) in [4.78, 5) is 14.8. The number of nitrogen functional groups attached to an aromatic ring is 1. The Kier molecular flexibility index (Phi) is 4.69. The number of nitrogens with two attached hydrogens (primary N) is 1. The molecule has 7 heteroatoms. The molecule has 1 saturated carbocycles. The predicted molar refractivity (Wildman–Crippen MR) is 79.4 cm³/mol. The molecule has 2 aliphatic rings. The molecular formula is C14H23N5O2. The van der Waals surface area contributed by atoms with Crippen LogP contribution in [-0.2, 0) is 4.74 Å². The first-order valence-electron chi connectivity index (χ1n) is 7.82. The molecule has 0 radical (unpaired) electrons. The van der Waals surface area contributed by atoms with Crippen molar-refractivity contribution >= 4 is 11.9 Å². The summed E-state index contributed by atoms with van der Waals surface area (Å²) in [5.41, 5.74) is 5.80. The van der Waals surface area contributed by atoms with Gasteiger partial charge < -0.3 is 20.1 Å². The summed E-state index contributed by atoms with van der Waals surface area (Å²) in [5, 5.41) is 0. The second-order valence-corrected chi connectivity index (χ2v) is 5.61. The van der Waals surface area contributed by atoms with Crippen molar-refractivity contribution in [3.05, 3.63) is 0 Å². The van der Waals surface area contributed by atoms with Gasteiger partial charge in [-0.1, -0.05) is 12.8 Å². The van der Waals surface area contributed by atoms with Gasteiger partial charge >= 0.3 is 6.01 Å². The van der Waals surface area contributed by atoms with Crippen LogP contribution >= 0.6 is 0 Å². The second-order valence-electron chi connectivity index (χ2n) is 5.61. The van der Waals surface area contributed by atoms with Crippen molar-refractivity contribution in [2.45, 2.75) is 44.6 Å². The third-order valence-electron chi connectivity index (χ3n) is 3.99. The van der Waals surface area contributed by atoms with Gasteiger partial charge in [-0.15, -0.1) is 0 Å². The molecule has 2 heterocycles. The fourth-order valence-electron chi connectivity index (χ4n) is 2.83. The van der Waals surface area contributed by atoms with E-state index in [9.17, 15) is 0 Å². The van der Waals surface area contributed by atoms with Crippen molar-refractivity contribution in [2.75, 3.05) is 36.9 Å². The quantitative estimate of drug-likeness (QED) is 0.843. The van der Waals surface area contributed by atoms with Crippen LogP contribution in [0.2, 0.25) is 0 Å². The third kappa shape index (κ3) is 3.93. The number of nitrogens with zero attached hydrogens (tertiary/aromatic N) is 4. The van der Waals surface area contributed by atoms with E-state index in [1.165, 1.54) is 25.7 Å². The van der Waals surface area contributed by atoms with Crippen molar-refractivity contribution in [3.63, 3.8) is 0 Å². The highest BCUT2D eigenvalue weighted by Crippen LogP contribution is 2.22. The van der Waals surface area contributed by atoms with Crippen LogP contribution < -0.4 is 15.4 Å². The van der Waals surface area contributed by atoms with Gasteiger partial charge in [-0.25, -0.2) is 0 Å². The average molecular weight is 293 g/mol. The van der Waals surface area contributed by atoms with Gasteiger partial charge in [-0.3, -0.25) is 0 Å². The van der Waals surface area contributed by atoms with E-state index in [0.717, 1.165) is 25.9 Å². The van der Waals surface area contributed by atoms with Gasteiger partial charge in [0.2, 0.25) is 11.9 Å². The first kappa shape index (κ1) is 14.3. The number of anilines is 2. The third-order valence-corrected chi connectivity index (χ3v) is 3.99. The van der Waals surface area contributed by atoms with Crippen LogP contribution in [0, 0.1) is 0 Å². The lowest BCUT2D eigenvalue weighted by atomic mass is 10.2. The van der Waals surface area contributed by atoms with Crippen LogP contribution in [-0.4, -0.2) is 47.4 Å². The largest absolute Gasteiger partial charge is 0.460 e. The van der Waals surface area contributed by atoms with Gasteiger partial charge in [0, 0.05) is 13.1 Å². The Hall–Kier alpha value is -1.63. The van der Waals surface area contributed by atoms with Crippen LogP contribution in [0.4, 0.5) is 11.9 Å². The van der Waals surface area contributed by atoms with E-state index in [2.05, 4.69) is 19.9 Å². The Morgan fingerprint density at radius 2 is 1.71 bits per heavy atom. The smallest absolute Gasteiger partial charge is 0.323 e. The lowest BCUT2D eigenvalue weighted by Crippen LogP contribution is -2.37. The summed E-state index contributed by atoms with van der Waals surface area (Å²) in [5.74, 6) is 0.810. The minimum absolute atomic E-state index is 0.201. The van der Waals surface area contributed by atoms with Crippen LogP contribution in [0.25, 0.3) is 0 Å². The molecular weight excluding hydrogens is 270 g/mol. The van der Waals surface area contributed by atoms with E-state index in [4.69, 9.17) is 15.2 Å². The molecule has 0 amide bonds. The van der Waals surface area contributed by atoms with E-state index in [0.29, 0.717) is 25.2 Å². The summed E-state index contributed by atoms with van der Waals surface area (Å²) in [6, 6.07) is 0.357. The fraction of sp³-hybridized carbons (Fsp3) is 0.786. The molecule has 1 saturated heterocycles. The van der Waals surface area contributed by atoms with E-state index in [1.807, 2.05) is 0 Å². The standard InChI is InChI=1S/C14H23N5O2/c15-12-16-13(19-7-9-20-10-8-19)18-14(17-12)21-11-5-3-1-2-4-6-11/h11H,1-10H2,(H2,15,16,17,18). The van der Waals surface area contributed by atoms with Crippen molar-refractivity contribution in [1.82, 2.24) is 15.0 Å². The number of ether oxygens (including phenoxy) is 2. The molecule has 0 spiro atoms. The molecule has 0 aromatic carbocycles. The minimum Gasteiger partial charge on any atom is -0.460 e. The van der Waals surface area contributed by atoms with Crippen LogP contribution in [0.1, 0.15) is 38.5 Å². The van der Waals surface area contributed by atoms with E-state index in [1.54, 1.807) is 0 Å². The van der Waals surface area contributed by atoms with E-state index >= 15 is 0 Å². The van der Waals surface area contributed by atoms with Crippen LogP contribution in [0.5, 0.6) is 6.01 Å². The summed E-state index contributed by atoms with van der Waals surface area (Å²) in [6.07, 6.45) is 7.34. The molecule has 7 nitrogen and oxygen atoms in total. The highest BCUT2D eigenvalue weighted by atomic mass is 16.5. The molecule has 0 unspecified atom stereocenters. The van der Waals surface area contributed by atoms with Crippen molar-refractivity contribution in [3.8, 4) is 6.01 Å². The molecule has 21 heavy (non-hydrogen) atoms. The Labute approximate surface area is 124 Å². The Morgan fingerprint density at radius 3 is 2.43 bits per heavy atom. The van der Waals surface area contributed by atoms with Gasteiger partial charge in [0.25, 0.3) is 0 Å². The number of hydrogen-bond acceptors (Lipinski definition) is 7. The first-order valence-corrected chi connectivity index (χ1v) is 7.82. The number of morpholine rings is 1. The van der Waals surface area contributed by atoms with E-state index in [-0.39, 0.29) is 12.1 Å². The average Bonchev–Trinajstić information content (AvgIpc) is 2.76. The van der Waals surface area contributed by atoms with Gasteiger partial charge in [0.1, 0.15) is 6.10 Å². The van der Waals surface area contributed by atoms with Crippen molar-refractivity contribution < 1.29 is 9.47 Å². The molecule has 0 bridgehead atoms. The topological polar surface area (TPSA) is 86.4 Å². The zero-order chi connectivity index (χ0) is 14.5. The number of hydrogen-bond donors (Lipinski definition) is 1. The van der Waals surface area contributed by atoms with Crippen LogP contribution in [0.3, 0.4) is 0 Å². The molecule has 3 rings (SSSR count). The Morgan fingerprint density at radius 1 is 1.00 bits per heavy atom. The lowest BCUT2D eigenvalue weighted by Gasteiger charge is -2.27. The molecule has 116 valence electrons. The molecule has 2 N–H and O–H groups in total. The first-order chi connectivity index (χ1) is 10.3. The molecule has 2 fully saturated rings. The predicted octanol–water partition coefficient (Wildman–Crippen LogP) is 1.39. The van der Waals surface area contributed by atoms with Gasteiger partial charge in [0.05, 0.1) is 13.2 Å². The Balaban J connectivity index is 1.70. The SMILES string of the molecule is Nc1nc(OC2CCCCCC2)nc(N2CCOCC2)n1. The zero-order valence-electron chi connectivity index (χ0n) is 12.3. The Bertz CT molecular complexity index is 457. The second kappa shape index (κ2) is 6.89. The maximum absolute atomic E-state index is 5.95. The normalized spacial score (nSPS) is 21.0. The summed E-state index contributed by atoms with van der Waals surface area (Å²) >= 11 is 0. The van der Waals surface area contributed by atoms with E-state index < -0.39 is 0 Å². The zero-order valence-corrected chi connectivity index (χ0v) is 12.3. The summed E-state index contributed by atoms with van der Waals surface area (Å²) < 4.78 is 11.3. The van der Waals surface area contributed by atoms with Crippen molar-refractivity contribution in [2.24, 2.45) is 0 Å². The van der Waals surface area contributed by atoms with Gasteiger partial charge in [-0.05, 0) is 25.7 Å². The molecule has 1 aromatic rings. The molecule has 0 atom stereocenters. The van der Waals surface area contributed by atoms with Gasteiger partial charge in [0.15, 0.2) is 0 Å². The monoisotopic (exact) mass is 293 g/mol.